The van der Waals surface area contributed by atoms with Crippen LogP contribution >= 0.6 is 0 Å². The molecule has 2 aromatic heterocycles. The molecule has 9 nitrogen and oxygen atoms in total. The van der Waals surface area contributed by atoms with E-state index in [9.17, 15) is 8.42 Å². The van der Waals surface area contributed by atoms with Crippen LogP contribution in [0.5, 0.6) is 0 Å². The molecule has 5 N–H and O–H groups in total. The summed E-state index contributed by atoms with van der Waals surface area (Å²) >= 11 is 0. The maximum absolute atomic E-state index is 11.4. The molecule has 0 fully saturated rings. The summed E-state index contributed by atoms with van der Waals surface area (Å²) in [6.45, 7) is 7.15. The molecule has 0 spiro atoms. The summed E-state index contributed by atoms with van der Waals surface area (Å²) in [7, 11) is -3.34. The predicted octanol–water partition coefficient (Wildman–Crippen LogP) is 2.35. The minimum atomic E-state index is -3.34. The van der Waals surface area contributed by atoms with Gasteiger partial charge in [0.25, 0.3) is 0 Å². The Morgan fingerprint density at radius 3 is 2.63 bits per heavy atom. The average molecular weight is 390 g/mol. The van der Waals surface area contributed by atoms with E-state index in [1.54, 1.807) is 24.5 Å². The Bertz CT molecular complexity index is 1050. The van der Waals surface area contributed by atoms with E-state index in [0.717, 1.165) is 18.3 Å². The Hall–Kier alpha value is -2.88. The Balaban J connectivity index is 1.88. The van der Waals surface area contributed by atoms with E-state index in [2.05, 4.69) is 56.1 Å². The molecule has 2 heterocycles. The molecule has 3 rings (SSSR count). The molecule has 0 aliphatic heterocycles. The minimum Gasteiger partial charge on any atom is -0.366 e. The molecular weight excluding hydrogens is 366 g/mol. The second-order valence-electron chi connectivity index (χ2n) is 7.55. The number of anilines is 4. The van der Waals surface area contributed by atoms with Crippen LogP contribution in [0.15, 0.2) is 30.6 Å². The highest BCUT2D eigenvalue weighted by Crippen LogP contribution is 2.23. The number of imidazole rings is 1. The van der Waals surface area contributed by atoms with E-state index < -0.39 is 10.0 Å². The molecule has 27 heavy (non-hydrogen) atoms. The van der Waals surface area contributed by atoms with Gasteiger partial charge in [-0.2, -0.15) is 4.98 Å². The third kappa shape index (κ3) is 5.30. The molecular formula is C17H24N7O2S+. The van der Waals surface area contributed by atoms with Gasteiger partial charge in [-0.25, -0.2) is 13.4 Å². The minimum absolute atomic E-state index is 0.0901. The van der Waals surface area contributed by atoms with Crippen LogP contribution in [0.25, 0.3) is 11.2 Å². The van der Waals surface area contributed by atoms with E-state index in [1.807, 2.05) is 6.07 Å². The molecule has 10 heteroatoms. The molecule has 144 valence electrons. The van der Waals surface area contributed by atoms with Gasteiger partial charge in [0.15, 0.2) is 12.1 Å². The van der Waals surface area contributed by atoms with Crippen molar-refractivity contribution >= 4 is 44.3 Å². The Morgan fingerprint density at radius 2 is 1.93 bits per heavy atom. The zero-order chi connectivity index (χ0) is 19.7. The van der Waals surface area contributed by atoms with Crippen LogP contribution in [0.1, 0.15) is 20.8 Å². The van der Waals surface area contributed by atoms with Gasteiger partial charge in [0.1, 0.15) is 0 Å². The molecule has 0 aliphatic carbocycles. The molecule has 0 saturated carbocycles. The van der Waals surface area contributed by atoms with Gasteiger partial charge < -0.3 is 10.6 Å². The van der Waals surface area contributed by atoms with Gasteiger partial charge in [0, 0.05) is 12.2 Å². The SMILES string of the molecule is CC(C)(C)CNc1nc(Nc2cccc(NS(C)(=O)=O)c2)nc2[nH+]c[nH]c12. The van der Waals surface area contributed by atoms with E-state index in [4.69, 9.17) is 0 Å². The highest BCUT2D eigenvalue weighted by atomic mass is 32.2. The van der Waals surface area contributed by atoms with E-state index >= 15 is 0 Å². The van der Waals surface area contributed by atoms with Gasteiger partial charge in [-0.1, -0.05) is 31.8 Å². The first-order valence-electron chi connectivity index (χ1n) is 8.45. The number of hydrogen-bond donors (Lipinski definition) is 4. The molecule has 3 aromatic rings. The number of benzene rings is 1. The van der Waals surface area contributed by atoms with E-state index in [1.165, 1.54) is 0 Å². The summed E-state index contributed by atoms with van der Waals surface area (Å²) in [6, 6.07) is 6.91. The number of hydrogen-bond acceptors (Lipinski definition) is 6. The molecule has 0 unspecified atom stereocenters. The maximum Gasteiger partial charge on any atom is 0.307 e. The first-order valence-corrected chi connectivity index (χ1v) is 10.3. The van der Waals surface area contributed by atoms with Crippen molar-refractivity contribution in [3.05, 3.63) is 30.6 Å². The van der Waals surface area contributed by atoms with Crippen LogP contribution in [-0.4, -0.2) is 36.2 Å². The summed E-state index contributed by atoms with van der Waals surface area (Å²) in [4.78, 5) is 15.2. The van der Waals surface area contributed by atoms with Crippen LogP contribution in [0, 0.1) is 5.41 Å². The van der Waals surface area contributed by atoms with Crippen LogP contribution in [-0.2, 0) is 10.0 Å². The zero-order valence-electron chi connectivity index (χ0n) is 15.7. The molecule has 0 amide bonds. The zero-order valence-corrected chi connectivity index (χ0v) is 16.5. The number of rotatable bonds is 6. The largest absolute Gasteiger partial charge is 0.366 e. The van der Waals surface area contributed by atoms with Crippen LogP contribution in [0.4, 0.5) is 23.1 Å². The lowest BCUT2D eigenvalue weighted by Gasteiger charge is -2.18. The summed E-state index contributed by atoms with van der Waals surface area (Å²) in [5, 5.41) is 6.47. The Labute approximate surface area is 158 Å². The van der Waals surface area contributed by atoms with Gasteiger partial charge >= 0.3 is 11.6 Å². The fraction of sp³-hybridized carbons (Fsp3) is 0.353. The third-order valence-corrected chi connectivity index (χ3v) is 4.15. The second kappa shape index (κ2) is 7.03. The van der Waals surface area contributed by atoms with Gasteiger partial charge in [-0.3, -0.25) is 9.71 Å². The average Bonchev–Trinajstić information content (AvgIpc) is 2.99. The van der Waals surface area contributed by atoms with Crippen LogP contribution < -0.4 is 20.3 Å². The van der Waals surface area contributed by atoms with Crippen molar-refractivity contribution in [1.29, 1.82) is 0 Å². The predicted molar refractivity (Wildman–Crippen MR) is 107 cm³/mol. The van der Waals surface area contributed by atoms with E-state index in [-0.39, 0.29) is 5.41 Å². The normalized spacial score (nSPS) is 12.1. The number of fused-ring (bicyclic) bond motifs is 1. The maximum atomic E-state index is 11.4. The molecule has 0 saturated heterocycles. The highest BCUT2D eigenvalue weighted by Gasteiger charge is 2.18. The molecule has 0 bridgehead atoms. The fourth-order valence-corrected chi connectivity index (χ4v) is 2.97. The Morgan fingerprint density at radius 1 is 1.19 bits per heavy atom. The Kier molecular flexibility index (Phi) is 4.92. The number of aromatic nitrogens is 4. The number of aromatic amines is 2. The van der Waals surface area contributed by atoms with Crippen molar-refractivity contribution in [1.82, 2.24) is 15.0 Å². The van der Waals surface area contributed by atoms with Gasteiger partial charge in [-0.05, 0) is 23.6 Å². The number of H-pyrrole nitrogens is 2. The monoisotopic (exact) mass is 390 g/mol. The molecule has 0 radical (unpaired) electrons. The molecule has 1 aromatic carbocycles. The fourth-order valence-electron chi connectivity index (χ4n) is 2.41. The van der Waals surface area contributed by atoms with Crippen LogP contribution in [0.3, 0.4) is 0 Å². The second-order valence-corrected chi connectivity index (χ2v) is 9.30. The summed E-state index contributed by atoms with van der Waals surface area (Å²) < 4.78 is 25.3. The van der Waals surface area contributed by atoms with Crippen molar-refractivity contribution in [2.45, 2.75) is 20.8 Å². The smallest absolute Gasteiger partial charge is 0.307 e. The quantitative estimate of drug-likeness (QED) is 0.512. The molecule has 0 aliphatic rings. The summed E-state index contributed by atoms with van der Waals surface area (Å²) in [6.07, 6.45) is 2.81. The van der Waals surface area contributed by atoms with Crippen molar-refractivity contribution in [2.24, 2.45) is 5.41 Å². The first kappa shape index (κ1) is 18.9. The summed E-state index contributed by atoms with van der Waals surface area (Å²) in [5.74, 6) is 1.08. The number of nitrogens with zero attached hydrogens (tertiary/aromatic N) is 2. The summed E-state index contributed by atoms with van der Waals surface area (Å²) in [5.41, 5.74) is 2.67. The topological polar surface area (TPSA) is 126 Å². The van der Waals surface area contributed by atoms with Crippen molar-refractivity contribution in [3.63, 3.8) is 0 Å². The first-order chi connectivity index (χ1) is 12.6. The third-order valence-electron chi connectivity index (χ3n) is 3.54. The standard InChI is InChI=1S/C17H23N7O2S/c1-17(2,3)9-18-14-13-15(20-10-19-13)23-16(22-14)21-11-6-5-7-12(8-11)24-27(4,25)26/h5-8,10,24H,9H2,1-4H3,(H3,18,19,20,21,22,23)/p+1. The van der Waals surface area contributed by atoms with Crippen molar-refractivity contribution in [2.75, 3.05) is 28.2 Å². The van der Waals surface area contributed by atoms with E-state index in [0.29, 0.717) is 28.8 Å². The number of nitrogens with one attached hydrogen (secondary N) is 5. The van der Waals surface area contributed by atoms with Gasteiger partial charge in [0.2, 0.25) is 15.5 Å². The van der Waals surface area contributed by atoms with Gasteiger partial charge in [0.05, 0.1) is 11.9 Å². The van der Waals surface area contributed by atoms with Crippen LogP contribution in [0.2, 0.25) is 0 Å². The van der Waals surface area contributed by atoms with Gasteiger partial charge in [-0.15, -0.1) is 0 Å². The highest BCUT2D eigenvalue weighted by molar-refractivity contribution is 7.92. The number of sulfonamides is 1. The van der Waals surface area contributed by atoms with Crippen molar-refractivity contribution < 1.29 is 13.4 Å². The molecule has 0 atom stereocenters. The lowest BCUT2D eigenvalue weighted by atomic mass is 9.97. The van der Waals surface area contributed by atoms with Crippen molar-refractivity contribution in [3.8, 4) is 0 Å². The lowest BCUT2D eigenvalue weighted by Crippen LogP contribution is -2.20. The lowest BCUT2D eigenvalue weighted by molar-refractivity contribution is -0.347.